The van der Waals surface area contributed by atoms with Gasteiger partial charge in [0, 0.05) is 25.2 Å². The summed E-state index contributed by atoms with van der Waals surface area (Å²) in [6.07, 6.45) is 5.98. The minimum Gasteiger partial charge on any atom is -0.493 e. The number of para-hydroxylation sites is 1. The van der Waals surface area contributed by atoms with Gasteiger partial charge in [-0.25, -0.2) is 4.99 Å². The number of morpholine rings is 1. The highest BCUT2D eigenvalue weighted by molar-refractivity contribution is 14.0. The molecule has 0 spiro atoms. The fourth-order valence-electron chi connectivity index (χ4n) is 3.72. The molecule has 3 N–H and O–H groups in total. The largest absolute Gasteiger partial charge is 0.493 e. The average molecular weight is 518 g/mol. The van der Waals surface area contributed by atoms with E-state index in [1.165, 1.54) is 12.8 Å². The topological polar surface area (TPSA) is 81.3 Å². The fraction of sp³-hybridized carbons (Fsp3) is 0.667. The van der Waals surface area contributed by atoms with Gasteiger partial charge in [0.1, 0.15) is 0 Å². The molecule has 0 amide bonds. The highest BCUT2D eigenvalue weighted by Crippen LogP contribution is 2.35. The second-order valence-electron chi connectivity index (χ2n) is 7.41. The van der Waals surface area contributed by atoms with E-state index in [2.05, 4.69) is 15.2 Å². The molecule has 1 saturated carbocycles. The number of nitrogens with one attached hydrogen (secondary N) is 1. The number of methoxy groups -OCH3 is 1. The van der Waals surface area contributed by atoms with E-state index in [-0.39, 0.29) is 30.1 Å². The van der Waals surface area contributed by atoms with E-state index in [1.807, 2.05) is 18.2 Å². The summed E-state index contributed by atoms with van der Waals surface area (Å²) in [6, 6.07) is 5.93. The molecule has 3 rings (SSSR count). The molecule has 0 aromatic heterocycles. The summed E-state index contributed by atoms with van der Waals surface area (Å²) in [7, 11) is 1.67. The Morgan fingerprint density at radius 1 is 1.28 bits per heavy atom. The van der Waals surface area contributed by atoms with Crippen LogP contribution in [0.2, 0.25) is 0 Å². The maximum absolute atomic E-state index is 6.26. The smallest absolute Gasteiger partial charge is 0.188 e. The lowest BCUT2D eigenvalue weighted by Crippen LogP contribution is -2.39. The summed E-state index contributed by atoms with van der Waals surface area (Å²) in [6.45, 7) is 6.05. The van der Waals surface area contributed by atoms with Gasteiger partial charge in [-0.05, 0) is 44.7 Å². The number of nitrogens with two attached hydrogens (primary N) is 1. The quantitative estimate of drug-likeness (QED) is 0.227. The number of nitrogens with zero attached hydrogens (tertiary/aromatic N) is 2. The maximum atomic E-state index is 6.26. The molecular formula is C21H35IN4O3. The van der Waals surface area contributed by atoms with Gasteiger partial charge in [0.15, 0.2) is 17.5 Å². The zero-order valence-electron chi connectivity index (χ0n) is 17.4. The van der Waals surface area contributed by atoms with E-state index in [4.69, 9.17) is 19.9 Å². The third-order valence-electron chi connectivity index (χ3n) is 5.35. The molecule has 7 nitrogen and oxygen atoms in total. The molecule has 1 saturated heterocycles. The highest BCUT2D eigenvalue weighted by Gasteiger charge is 2.20. The summed E-state index contributed by atoms with van der Waals surface area (Å²) in [5.41, 5.74) is 7.06. The predicted octanol–water partition coefficient (Wildman–Crippen LogP) is 2.76. The molecule has 1 aliphatic heterocycles. The van der Waals surface area contributed by atoms with Crippen molar-refractivity contribution >= 4 is 29.9 Å². The lowest BCUT2D eigenvalue weighted by Gasteiger charge is -2.26. The summed E-state index contributed by atoms with van der Waals surface area (Å²) < 4.78 is 17.1. The second kappa shape index (κ2) is 13.1. The number of guanidine groups is 1. The highest BCUT2D eigenvalue weighted by atomic mass is 127. The van der Waals surface area contributed by atoms with E-state index in [9.17, 15) is 0 Å². The van der Waals surface area contributed by atoms with Crippen LogP contribution in [0.1, 0.15) is 37.7 Å². The zero-order chi connectivity index (χ0) is 19.6. The number of rotatable bonds is 9. The van der Waals surface area contributed by atoms with Crippen molar-refractivity contribution in [1.29, 1.82) is 0 Å². The molecule has 1 aliphatic carbocycles. The van der Waals surface area contributed by atoms with Gasteiger partial charge in [0.25, 0.3) is 0 Å². The van der Waals surface area contributed by atoms with Gasteiger partial charge in [-0.3, -0.25) is 4.90 Å². The van der Waals surface area contributed by atoms with Crippen molar-refractivity contribution in [2.45, 2.75) is 44.8 Å². The number of ether oxygens (including phenoxy) is 3. The van der Waals surface area contributed by atoms with Crippen molar-refractivity contribution in [3.05, 3.63) is 23.8 Å². The van der Waals surface area contributed by atoms with Crippen LogP contribution >= 0.6 is 24.0 Å². The molecule has 2 fully saturated rings. The van der Waals surface area contributed by atoms with Crippen molar-refractivity contribution in [1.82, 2.24) is 10.2 Å². The Kier molecular flexibility index (Phi) is 10.9. The van der Waals surface area contributed by atoms with E-state index in [1.54, 1.807) is 7.11 Å². The van der Waals surface area contributed by atoms with Crippen LogP contribution in [0.4, 0.5) is 0 Å². The molecule has 0 unspecified atom stereocenters. The van der Waals surface area contributed by atoms with Crippen molar-refractivity contribution < 1.29 is 14.2 Å². The van der Waals surface area contributed by atoms with Crippen LogP contribution in [-0.2, 0) is 11.3 Å². The van der Waals surface area contributed by atoms with Gasteiger partial charge in [0.2, 0.25) is 0 Å². The lowest BCUT2D eigenvalue weighted by molar-refractivity contribution is 0.0376. The Bertz CT molecular complexity index is 632. The van der Waals surface area contributed by atoms with Gasteiger partial charge in [-0.1, -0.05) is 12.1 Å². The number of hydrogen-bond donors (Lipinski definition) is 2. The molecule has 2 aliphatic rings. The van der Waals surface area contributed by atoms with Crippen LogP contribution in [0.25, 0.3) is 0 Å². The predicted molar refractivity (Wildman–Crippen MR) is 126 cm³/mol. The summed E-state index contributed by atoms with van der Waals surface area (Å²) in [4.78, 5) is 6.92. The van der Waals surface area contributed by atoms with E-state index in [0.29, 0.717) is 12.5 Å². The molecule has 0 radical (unpaired) electrons. The Morgan fingerprint density at radius 3 is 2.76 bits per heavy atom. The van der Waals surface area contributed by atoms with Crippen molar-refractivity contribution in [3.8, 4) is 11.5 Å². The summed E-state index contributed by atoms with van der Waals surface area (Å²) >= 11 is 0. The molecule has 0 atom stereocenters. The van der Waals surface area contributed by atoms with Crippen LogP contribution < -0.4 is 20.5 Å². The van der Waals surface area contributed by atoms with E-state index in [0.717, 1.165) is 75.7 Å². The molecule has 1 aromatic carbocycles. The minimum absolute atomic E-state index is 0. The lowest BCUT2D eigenvalue weighted by atomic mass is 10.1. The average Bonchev–Trinajstić information content (AvgIpc) is 3.24. The van der Waals surface area contributed by atoms with Crippen molar-refractivity contribution in [2.24, 2.45) is 10.7 Å². The van der Waals surface area contributed by atoms with Crippen LogP contribution in [0.3, 0.4) is 0 Å². The van der Waals surface area contributed by atoms with Crippen LogP contribution in [-0.4, -0.2) is 63.5 Å². The number of benzene rings is 1. The number of hydrogen-bond acceptors (Lipinski definition) is 5. The number of halogens is 1. The molecule has 8 heteroatoms. The first-order chi connectivity index (χ1) is 13.8. The van der Waals surface area contributed by atoms with Crippen LogP contribution in [0.15, 0.2) is 23.2 Å². The monoisotopic (exact) mass is 518 g/mol. The van der Waals surface area contributed by atoms with Crippen molar-refractivity contribution in [2.75, 3.05) is 46.5 Å². The van der Waals surface area contributed by atoms with Crippen molar-refractivity contribution in [3.63, 3.8) is 0 Å². The van der Waals surface area contributed by atoms with E-state index >= 15 is 0 Å². The molecule has 29 heavy (non-hydrogen) atoms. The number of aliphatic imine (C=N–C) groups is 1. The normalized spacial score (nSPS) is 18.3. The first-order valence-corrected chi connectivity index (χ1v) is 10.4. The first-order valence-electron chi connectivity index (χ1n) is 10.4. The Hall–Kier alpha value is -1.26. The summed E-state index contributed by atoms with van der Waals surface area (Å²) in [5, 5.41) is 3.21. The Balaban J connectivity index is 0.00000300. The maximum Gasteiger partial charge on any atom is 0.188 e. The Morgan fingerprint density at radius 2 is 2.03 bits per heavy atom. The van der Waals surface area contributed by atoms with Gasteiger partial charge >= 0.3 is 0 Å². The van der Waals surface area contributed by atoms with Crippen LogP contribution in [0, 0.1) is 0 Å². The minimum atomic E-state index is 0. The second-order valence-corrected chi connectivity index (χ2v) is 7.41. The SMILES string of the molecule is COc1cccc(CN=C(N)NCCCN2CCOCC2)c1OC1CCCC1.I. The zero-order valence-corrected chi connectivity index (χ0v) is 19.7. The molecule has 164 valence electrons. The van der Waals surface area contributed by atoms with Gasteiger partial charge in [-0.2, -0.15) is 0 Å². The van der Waals surface area contributed by atoms with Gasteiger partial charge in [0.05, 0.1) is 33.0 Å². The third kappa shape index (κ3) is 7.82. The molecule has 1 heterocycles. The van der Waals surface area contributed by atoms with Gasteiger partial charge < -0.3 is 25.3 Å². The third-order valence-corrected chi connectivity index (χ3v) is 5.35. The molecule has 1 aromatic rings. The standard InChI is InChI=1S/C21H34N4O3.HI/c1-26-19-9-4-6-17(20(19)28-18-7-2-3-8-18)16-24-21(22)23-10-5-11-25-12-14-27-15-13-25;/h4,6,9,18H,2-3,5,7-8,10-16H2,1H3,(H3,22,23,24);1H. The first kappa shape index (κ1) is 24.0. The molecular weight excluding hydrogens is 483 g/mol. The molecule has 0 bridgehead atoms. The summed E-state index contributed by atoms with van der Waals surface area (Å²) in [5.74, 6) is 2.04. The Labute approximate surface area is 191 Å². The van der Waals surface area contributed by atoms with Gasteiger partial charge in [-0.15, -0.1) is 24.0 Å². The van der Waals surface area contributed by atoms with E-state index < -0.39 is 0 Å². The van der Waals surface area contributed by atoms with Crippen LogP contribution in [0.5, 0.6) is 11.5 Å². The fourth-order valence-corrected chi connectivity index (χ4v) is 3.72.